The average Bonchev–Trinajstić information content (AvgIpc) is 2.97. The SMILES string of the molecule is OCCCNC(c1cccs1)c1cccs1. The smallest absolute Gasteiger partial charge is 0.0764 e. The minimum absolute atomic E-state index is 0.245. The lowest BCUT2D eigenvalue weighted by molar-refractivity contribution is 0.285. The van der Waals surface area contributed by atoms with Crippen LogP contribution in [0.2, 0.25) is 0 Å². The summed E-state index contributed by atoms with van der Waals surface area (Å²) in [5.74, 6) is 0. The Bertz CT molecular complexity index is 349. The van der Waals surface area contributed by atoms with E-state index in [1.807, 2.05) is 0 Å². The van der Waals surface area contributed by atoms with Gasteiger partial charge in [0.2, 0.25) is 0 Å². The van der Waals surface area contributed by atoms with Crippen molar-refractivity contribution in [2.45, 2.75) is 12.5 Å². The van der Waals surface area contributed by atoms with Crippen LogP contribution >= 0.6 is 22.7 Å². The molecular weight excluding hydrogens is 238 g/mol. The highest BCUT2D eigenvalue weighted by Gasteiger charge is 2.14. The van der Waals surface area contributed by atoms with Crippen LogP contribution < -0.4 is 5.32 Å². The first-order chi connectivity index (χ1) is 7.92. The Labute approximate surface area is 104 Å². The zero-order valence-corrected chi connectivity index (χ0v) is 10.6. The zero-order chi connectivity index (χ0) is 11.2. The molecule has 0 aliphatic heterocycles. The van der Waals surface area contributed by atoms with Gasteiger partial charge in [0.25, 0.3) is 0 Å². The van der Waals surface area contributed by atoms with Crippen molar-refractivity contribution in [3.05, 3.63) is 44.8 Å². The summed E-state index contributed by atoms with van der Waals surface area (Å²) in [6.45, 7) is 1.09. The van der Waals surface area contributed by atoms with Crippen LogP contribution in [0.15, 0.2) is 35.0 Å². The molecule has 2 nitrogen and oxygen atoms in total. The molecule has 0 radical (unpaired) electrons. The summed E-state index contributed by atoms with van der Waals surface area (Å²) in [5, 5.41) is 16.5. The van der Waals surface area contributed by atoms with E-state index in [9.17, 15) is 0 Å². The van der Waals surface area contributed by atoms with Crippen LogP contribution in [0.5, 0.6) is 0 Å². The molecular formula is C12H15NOS2. The fraction of sp³-hybridized carbons (Fsp3) is 0.333. The van der Waals surface area contributed by atoms with Gasteiger partial charge in [0.05, 0.1) is 6.04 Å². The average molecular weight is 253 g/mol. The van der Waals surface area contributed by atoms with Crippen LogP contribution in [-0.4, -0.2) is 18.3 Å². The topological polar surface area (TPSA) is 32.3 Å². The molecule has 2 heterocycles. The zero-order valence-electron chi connectivity index (χ0n) is 8.93. The van der Waals surface area contributed by atoms with E-state index in [0.29, 0.717) is 0 Å². The number of thiophene rings is 2. The maximum absolute atomic E-state index is 8.81. The molecule has 4 heteroatoms. The van der Waals surface area contributed by atoms with Crippen molar-refractivity contribution in [1.29, 1.82) is 0 Å². The van der Waals surface area contributed by atoms with Gasteiger partial charge >= 0.3 is 0 Å². The molecule has 16 heavy (non-hydrogen) atoms. The van der Waals surface area contributed by atoms with Crippen LogP contribution in [0.25, 0.3) is 0 Å². The van der Waals surface area contributed by atoms with Crippen molar-refractivity contribution < 1.29 is 5.11 Å². The lowest BCUT2D eigenvalue weighted by atomic mass is 10.2. The summed E-state index contributed by atoms with van der Waals surface area (Å²) in [4.78, 5) is 2.67. The van der Waals surface area contributed by atoms with Crippen LogP contribution in [0.3, 0.4) is 0 Å². The van der Waals surface area contributed by atoms with E-state index >= 15 is 0 Å². The number of rotatable bonds is 6. The van der Waals surface area contributed by atoms with Crippen molar-refractivity contribution in [3.63, 3.8) is 0 Å². The van der Waals surface area contributed by atoms with E-state index in [1.54, 1.807) is 22.7 Å². The largest absolute Gasteiger partial charge is 0.396 e. The molecule has 0 bridgehead atoms. The minimum Gasteiger partial charge on any atom is -0.396 e. The molecule has 0 atom stereocenters. The van der Waals surface area contributed by atoms with Crippen molar-refractivity contribution in [1.82, 2.24) is 5.32 Å². The minimum atomic E-state index is 0.245. The van der Waals surface area contributed by atoms with Gasteiger partial charge in [0.15, 0.2) is 0 Å². The third-order valence-electron chi connectivity index (χ3n) is 2.34. The summed E-state index contributed by atoms with van der Waals surface area (Å²) >= 11 is 3.54. The molecule has 0 unspecified atom stereocenters. The Morgan fingerprint density at radius 3 is 2.19 bits per heavy atom. The molecule has 86 valence electrons. The first-order valence-corrected chi connectivity index (χ1v) is 7.09. The Balaban J connectivity index is 2.08. The van der Waals surface area contributed by atoms with E-state index in [1.165, 1.54) is 9.75 Å². The Morgan fingerprint density at radius 1 is 1.12 bits per heavy atom. The monoisotopic (exact) mass is 253 g/mol. The van der Waals surface area contributed by atoms with Gasteiger partial charge in [-0.25, -0.2) is 0 Å². The quantitative estimate of drug-likeness (QED) is 0.776. The molecule has 0 saturated carbocycles. The van der Waals surface area contributed by atoms with Gasteiger partial charge in [-0.2, -0.15) is 0 Å². The molecule has 2 aromatic rings. The first kappa shape index (κ1) is 11.8. The number of aliphatic hydroxyl groups excluding tert-OH is 1. The Kier molecular flexibility index (Phi) is 4.54. The molecule has 0 aromatic carbocycles. The van der Waals surface area contributed by atoms with Gasteiger partial charge in [0, 0.05) is 16.4 Å². The van der Waals surface area contributed by atoms with Gasteiger partial charge in [-0.15, -0.1) is 22.7 Å². The standard InChI is InChI=1S/C12H15NOS2/c14-7-3-6-13-12(10-4-1-8-15-10)11-5-2-9-16-11/h1-2,4-5,8-9,12-14H,3,6-7H2. The second kappa shape index (κ2) is 6.15. The maximum Gasteiger partial charge on any atom is 0.0764 e. The summed E-state index contributed by atoms with van der Waals surface area (Å²) in [7, 11) is 0. The van der Waals surface area contributed by atoms with E-state index in [-0.39, 0.29) is 12.6 Å². The summed E-state index contributed by atoms with van der Waals surface area (Å²) in [6.07, 6.45) is 0.799. The number of aliphatic hydroxyl groups is 1. The van der Waals surface area contributed by atoms with E-state index in [0.717, 1.165) is 13.0 Å². The molecule has 0 aliphatic rings. The summed E-state index contributed by atoms with van der Waals surface area (Å²) in [6, 6.07) is 8.75. The van der Waals surface area contributed by atoms with Crippen molar-refractivity contribution in [3.8, 4) is 0 Å². The fourth-order valence-electron chi connectivity index (χ4n) is 1.58. The van der Waals surface area contributed by atoms with Gasteiger partial charge in [-0.05, 0) is 35.9 Å². The second-order valence-electron chi connectivity index (χ2n) is 3.50. The Morgan fingerprint density at radius 2 is 1.75 bits per heavy atom. The molecule has 0 amide bonds. The van der Waals surface area contributed by atoms with Crippen LogP contribution in [-0.2, 0) is 0 Å². The van der Waals surface area contributed by atoms with Crippen LogP contribution in [0.1, 0.15) is 22.2 Å². The highest BCUT2D eigenvalue weighted by Crippen LogP contribution is 2.28. The van der Waals surface area contributed by atoms with Crippen molar-refractivity contribution >= 4 is 22.7 Å². The molecule has 0 aliphatic carbocycles. The second-order valence-corrected chi connectivity index (χ2v) is 5.45. The van der Waals surface area contributed by atoms with E-state index < -0.39 is 0 Å². The van der Waals surface area contributed by atoms with Crippen molar-refractivity contribution in [2.75, 3.05) is 13.2 Å². The first-order valence-electron chi connectivity index (χ1n) is 5.33. The molecule has 2 aromatic heterocycles. The molecule has 0 fully saturated rings. The van der Waals surface area contributed by atoms with Gasteiger partial charge in [0.1, 0.15) is 0 Å². The molecule has 0 spiro atoms. The summed E-state index contributed by atoms with van der Waals surface area (Å²) < 4.78 is 0. The lowest BCUT2D eigenvalue weighted by Crippen LogP contribution is -2.22. The highest BCUT2D eigenvalue weighted by atomic mass is 32.1. The van der Waals surface area contributed by atoms with Gasteiger partial charge in [-0.3, -0.25) is 0 Å². The fourth-order valence-corrected chi connectivity index (χ4v) is 3.29. The van der Waals surface area contributed by atoms with Gasteiger partial charge in [-0.1, -0.05) is 12.1 Å². The van der Waals surface area contributed by atoms with Crippen LogP contribution in [0.4, 0.5) is 0 Å². The number of nitrogens with one attached hydrogen (secondary N) is 1. The normalized spacial score (nSPS) is 11.1. The predicted molar refractivity (Wildman–Crippen MR) is 70.2 cm³/mol. The van der Waals surface area contributed by atoms with Gasteiger partial charge < -0.3 is 10.4 Å². The Hall–Kier alpha value is -0.680. The molecule has 0 saturated heterocycles. The highest BCUT2D eigenvalue weighted by molar-refractivity contribution is 7.11. The third-order valence-corrected chi connectivity index (χ3v) is 4.21. The molecule has 2 N–H and O–H groups in total. The van der Waals surface area contributed by atoms with Crippen molar-refractivity contribution in [2.24, 2.45) is 0 Å². The predicted octanol–water partition coefficient (Wildman–Crippen LogP) is 2.87. The van der Waals surface area contributed by atoms with E-state index in [2.05, 4.69) is 40.3 Å². The molecule has 2 rings (SSSR count). The van der Waals surface area contributed by atoms with Crippen LogP contribution in [0, 0.1) is 0 Å². The lowest BCUT2D eigenvalue weighted by Gasteiger charge is -2.15. The number of hydrogen-bond donors (Lipinski definition) is 2. The number of hydrogen-bond acceptors (Lipinski definition) is 4. The third kappa shape index (κ3) is 2.92. The van der Waals surface area contributed by atoms with E-state index in [4.69, 9.17) is 5.11 Å². The summed E-state index contributed by atoms with van der Waals surface area (Å²) in [5.41, 5.74) is 0. The maximum atomic E-state index is 8.81.